The normalized spacial score (nSPS) is 14.5. The fraction of sp³-hybridized carbons (Fsp3) is 0.625. The molecular formula is C16H23NO2. The number of nitrogens with zero attached hydrogens (tertiary/aromatic N) is 1. The van der Waals surface area contributed by atoms with E-state index in [0.29, 0.717) is 6.42 Å². The Balaban J connectivity index is 2.09. The molecule has 0 spiro atoms. The molecule has 104 valence electrons. The minimum absolute atomic E-state index is 0.0453. The van der Waals surface area contributed by atoms with E-state index in [4.69, 9.17) is 0 Å². The Hall–Kier alpha value is -1.38. The smallest absolute Gasteiger partial charge is 0.250 e. The molecule has 0 N–H and O–H groups in total. The maximum atomic E-state index is 12.0. The van der Waals surface area contributed by atoms with Crippen LogP contribution >= 0.6 is 0 Å². The SMILES string of the molecule is CCCCCCCn1c2c(ccc1=O)C(=O)CCC2. The number of aromatic nitrogens is 1. The van der Waals surface area contributed by atoms with Gasteiger partial charge in [0.2, 0.25) is 0 Å². The molecule has 0 fully saturated rings. The monoisotopic (exact) mass is 261 g/mol. The molecule has 1 heterocycles. The number of fused-ring (bicyclic) bond motifs is 1. The summed E-state index contributed by atoms with van der Waals surface area (Å²) in [4.78, 5) is 23.8. The number of pyridine rings is 1. The van der Waals surface area contributed by atoms with Crippen molar-refractivity contribution in [2.75, 3.05) is 0 Å². The van der Waals surface area contributed by atoms with Crippen molar-refractivity contribution < 1.29 is 4.79 Å². The standard InChI is InChI=1S/C16H23NO2/c1-2-3-4-5-6-12-17-14-8-7-9-15(18)13(14)10-11-16(17)19/h10-11H,2-9,12H2,1H3. The van der Waals surface area contributed by atoms with Gasteiger partial charge in [-0.15, -0.1) is 0 Å². The molecule has 1 aromatic rings. The molecule has 0 saturated heterocycles. The van der Waals surface area contributed by atoms with E-state index in [-0.39, 0.29) is 11.3 Å². The third-order valence-electron chi connectivity index (χ3n) is 3.90. The lowest BCUT2D eigenvalue weighted by Crippen LogP contribution is -2.28. The van der Waals surface area contributed by atoms with E-state index < -0.39 is 0 Å². The van der Waals surface area contributed by atoms with Crippen LogP contribution in [0.2, 0.25) is 0 Å². The van der Waals surface area contributed by atoms with Crippen molar-refractivity contribution in [3.8, 4) is 0 Å². The van der Waals surface area contributed by atoms with Crippen LogP contribution in [-0.4, -0.2) is 10.4 Å². The molecule has 1 aliphatic rings. The highest BCUT2D eigenvalue weighted by atomic mass is 16.1. The topological polar surface area (TPSA) is 39.1 Å². The van der Waals surface area contributed by atoms with Crippen molar-refractivity contribution >= 4 is 5.78 Å². The summed E-state index contributed by atoms with van der Waals surface area (Å²) in [6, 6.07) is 3.26. The second-order valence-corrected chi connectivity index (χ2v) is 5.37. The minimum atomic E-state index is 0.0453. The molecule has 0 radical (unpaired) electrons. The number of hydrogen-bond donors (Lipinski definition) is 0. The zero-order valence-corrected chi connectivity index (χ0v) is 11.8. The molecule has 19 heavy (non-hydrogen) atoms. The first-order valence-corrected chi connectivity index (χ1v) is 7.50. The average Bonchev–Trinajstić information content (AvgIpc) is 2.41. The van der Waals surface area contributed by atoms with Gasteiger partial charge in [0.05, 0.1) is 0 Å². The number of carbonyl (C=O) groups is 1. The molecule has 0 saturated carbocycles. The number of Topliss-reactive ketones (excluding diaryl/α,β-unsaturated/α-hetero) is 1. The summed E-state index contributed by atoms with van der Waals surface area (Å²) in [5.74, 6) is 0.195. The highest BCUT2D eigenvalue weighted by Gasteiger charge is 2.20. The van der Waals surface area contributed by atoms with Gasteiger partial charge in [0, 0.05) is 30.3 Å². The highest BCUT2D eigenvalue weighted by molar-refractivity contribution is 5.97. The quantitative estimate of drug-likeness (QED) is 0.737. The Labute approximate surface area is 114 Å². The fourth-order valence-electron chi connectivity index (χ4n) is 2.81. The zero-order chi connectivity index (χ0) is 13.7. The van der Waals surface area contributed by atoms with Gasteiger partial charge in [-0.05, 0) is 25.3 Å². The molecular weight excluding hydrogens is 238 g/mol. The van der Waals surface area contributed by atoms with Crippen LogP contribution in [0.5, 0.6) is 0 Å². The second kappa shape index (κ2) is 6.69. The third-order valence-corrected chi connectivity index (χ3v) is 3.90. The van der Waals surface area contributed by atoms with Crippen LogP contribution in [0.4, 0.5) is 0 Å². The van der Waals surface area contributed by atoms with Gasteiger partial charge in [0.25, 0.3) is 5.56 Å². The molecule has 3 nitrogen and oxygen atoms in total. The molecule has 1 aromatic heterocycles. The van der Waals surface area contributed by atoms with Crippen molar-refractivity contribution in [1.82, 2.24) is 4.57 Å². The number of ketones is 1. The average molecular weight is 261 g/mol. The van der Waals surface area contributed by atoms with Gasteiger partial charge in [0.15, 0.2) is 5.78 Å². The molecule has 1 aliphatic carbocycles. The van der Waals surface area contributed by atoms with Crippen LogP contribution in [0.15, 0.2) is 16.9 Å². The molecule has 0 bridgehead atoms. The molecule has 0 atom stereocenters. The van der Waals surface area contributed by atoms with Gasteiger partial charge in [-0.1, -0.05) is 32.6 Å². The summed E-state index contributed by atoms with van der Waals surface area (Å²) < 4.78 is 1.83. The van der Waals surface area contributed by atoms with Crippen LogP contribution in [0.25, 0.3) is 0 Å². The lowest BCUT2D eigenvalue weighted by Gasteiger charge is -2.19. The minimum Gasteiger partial charge on any atom is -0.312 e. The van der Waals surface area contributed by atoms with Crippen molar-refractivity contribution in [3.63, 3.8) is 0 Å². The third kappa shape index (κ3) is 3.34. The maximum absolute atomic E-state index is 12.0. The van der Waals surface area contributed by atoms with E-state index >= 15 is 0 Å². The lowest BCUT2D eigenvalue weighted by atomic mass is 9.94. The first-order valence-electron chi connectivity index (χ1n) is 7.50. The van der Waals surface area contributed by atoms with E-state index in [1.165, 1.54) is 19.3 Å². The Bertz CT molecular complexity index is 502. The predicted molar refractivity (Wildman–Crippen MR) is 76.7 cm³/mol. The van der Waals surface area contributed by atoms with Crippen LogP contribution in [0.3, 0.4) is 0 Å². The van der Waals surface area contributed by atoms with Crippen LogP contribution in [-0.2, 0) is 13.0 Å². The summed E-state index contributed by atoms with van der Waals surface area (Å²) in [6.07, 6.45) is 8.30. The van der Waals surface area contributed by atoms with Gasteiger partial charge in [-0.3, -0.25) is 9.59 Å². The van der Waals surface area contributed by atoms with Crippen molar-refractivity contribution in [3.05, 3.63) is 33.7 Å². The summed E-state index contributed by atoms with van der Waals surface area (Å²) in [6.45, 7) is 2.96. The first-order chi connectivity index (χ1) is 9.24. The van der Waals surface area contributed by atoms with E-state index in [2.05, 4.69) is 6.92 Å². The number of rotatable bonds is 6. The number of carbonyl (C=O) groups excluding carboxylic acids is 1. The van der Waals surface area contributed by atoms with Crippen LogP contribution < -0.4 is 5.56 Å². The van der Waals surface area contributed by atoms with Crippen LogP contribution in [0, 0.1) is 0 Å². The summed E-state index contributed by atoms with van der Waals surface area (Å²) in [5, 5.41) is 0. The molecule has 0 aliphatic heterocycles. The maximum Gasteiger partial charge on any atom is 0.250 e. The highest BCUT2D eigenvalue weighted by Crippen LogP contribution is 2.20. The first kappa shape index (κ1) is 14.0. The lowest BCUT2D eigenvalue weighted by molar-refractivity contribution is 0.0970. The van der Waals surface area contributed by atoms with Crippen LogP contribution in [0.1, 0.15) is 67.9 Å². The summed E-state index contributed by atoms with van der Waals surface area (Å²) in [7, 11) is 0. The second-order valence-electron chi connectivity index (χ2n) is 5.37. The molecule has 0 amide bonds. The van der Waals surface area contributed by atoms with Crippen molar-refractivity contribution in [2.24, 2.45) is 0 Å². The number of hydrogen-bond acceptors (Lipinski definition) is 2. The Morgan fingerprint density at radius 1 is 1.05 bits per heavy atom. The number of unbranched alkanes of at least 4 members (excludes halogenated alkanes) is 4. The van der Waals surface area contributed by atoms with E-state index in [1.807, 2.05) is 4.57 Å². The van der Waals surface area contributed by atoms with Gasteiger partial charge >= 0.3 is 0 Å². The van der Waals surface area contributed by atoms with Crippen molar-refractivity contribution in [1.29, 1.82) is 0 Å². The van der Waals surface area contributed by atoms with Crippen molar-refractivity contribution in [2.45, 2.75) is 64.8 Å². The Kier molecular flexibility index (Phi) is 4.94. The fourth-order valence-corrected chi connectivity index (χ4v) is 2.81. The summed E-state index contributed by atoms with van der Waals surface area (Å²) in [5.41, 5.74) is 1.79. The summed E-state index contributed by atoms with van der Waals surface area (Å²) >= 11 is 0. The van der Waals surface area contributed by atoms with E-state index in [1.54, 1.807) is 12.1 Å². The zero-order valence-electron chi connectivity index (χ0n) is 11.8. The molecule has 3 heteroatoms. The van der Waals surface area contributed by atoms with Gasteiger partial charge in [-0.2, -0.15) is 0 Å². The molecule has 0 unspecified atom stereocenters. The van der Waals surface area contributed by atoms with E-state index in [0.717, 1.165) is 43.5 Å². The van der Waals surface area contributed by atoms with Gasteiger partial charge in [-0.25, -0.2) is 0 Å². The molecule has 0 aromatic carbocycles. The van der Waals surface area contributed by atoms with Gasteiger partial charge in [0.1, 0.15) is 0 Å². The van der Waals surface area contributed by atoms with E-state index in [9.17, 15) is 9.59 Å². The molecule has 2 rings (SSSR count). The Morgan fingerprint density at radius 3 is 2.63 bits per heavy atom. The predicted octanol–water partition coefficient (Wildman–Crippen LogP) is 3.34. The largest absolute Gasteiger partial charge is 0.312 e. The van der Waals surface area contributed by atoms with Gasteiger partial charge < -0.3 is 4.57 Å². The Morgan fingerprint density at radius 2 is 1.84 bits per heavy atom.